The summed E-state index contributed by atoms with van der Waals surface area (Å²) < 4.78 is 4.89. The molecule has 0 spiro atoms. The van der Waals surface area contributed by atoms with Gasteiger partial charge in [-0.15, -0.1) is 0 Å². The summed E-state index contributed by atoms with van der Waals surface area (Å²) in [5.41, 5.74) is 9.01. The molecule has 0 amide bonds. The number of aromatic nitrogens is 8. The van der Waals surface area contributed by atoms with Crippen molar-refractivity contribution in [1.82, 2.24) is 38.9 Å². The summed E-state index contributed by atoms with van der Waals surface area (Å²) >= 11 is 0. The number of anilines is 1. The SMILES string of the molecule is CC(c1ccccc1)n1c(Cn2nc(-c3cncc(O)c3)c3c(N)ncnc32)nn2cccc2c1=O. The van der Waals surface area contributed by atoms with E-state index in [0.29, 0.717) is 33.6 Å². The van der Waals surface area contributed by atoms with Gasteiger partial charge in [-0.25, -0.2) is 19.2 Å². The zero-order chi connectivity index (χ0) is 24.8. The minimum Gasteiger partial charge on any atom is -0.506 e. The Bertz CT molecular complexity index is 1790. The molecule has 0 saturated heterocycles. The van der Waals surface area contributed by atoms with Crippen molar-refractivity contribution in [3.63, 3.8) is 0 Å². The minimum absolute atomic E-state index is 0.00382. The molecule has 0 fully saturated rings. The maximum atomic E-state index is 13.6. The zero-order valence-electron chi connectivity index (χ0n) is 19.2. The topological polar surface area (TPSA) is 142 Å². The maximum Gasteiger partial charge on any atom is 0.278 e. The monoisotopic (exact) mass is 479 g/mol. The Balaban J connectivity index is 1.56. The van der Waals surface area contributed by atoms with Gasteiger partial charge in [-0.05, 0) is 30.7 Å². The van der Waals surface area contributed by atoms with Gasteiger partial charge in [-0.3, -0.25) is 14.3 Å². The van der Waals surface area contributed by atoms with E-state index in [9.17, 15) is 9.90 Å². The summed E-state index contributed by atoms with van der Waals surface area (Å²) in [5, 5.41) is 20.0. The molecule has 11 nitrogen and oxygen atoms in total. The highest BCUT2D eigenvalue weighted by atomic mass is 16.3. The zero-order valence-corrected chi connectivity index (χ0v) is 19.2. The van der Waals surface area contributed by atoms with Crippen molar-refractivity contribution in [1.29, 1.82) is 0 Å². The second-order valence-corrected chi connectivity index (χ2v) is 8.41. The summed E-state index contributed by atoms with van der Waals surface area (Å²) in [6, 6.07) is 14.6. The lowest BCUT2D eigenvalue weighted by Crippen LogP contribution is -2.31. The molecule has 11 heteroatoms. The van der Waals surface area contributed by atoms with Crippen molar-refractivity contribution in [3.8, 4) is 17.0 Å². The molecule has 0 bridgehead atoms. The van der Waals surface area contributed by atoms with Gasteiger partial charge in [0.25, 0.3) is 5.56 Å². The highest BCUT2D eigenvalue weighted by molar-refractivity contribution is 5.98. The van der Waals surface area contributed by atoms with E-state index in [2.05, 4.69) is 15.0 Å². The van der Waals surface area contributed by atoms with Crippen LogP contribution in [0.5, 0.6) is 5.75 Å². The standard InChI is InChI=1S/C25H21N9O2/c1-15(16-6-3-2-4-7-16)34-20(30-32-9-5-8-19(32)25(34)36)13-33-24-21(23(26)28-14-29-24)22(31-33)17-10-18(35)12-27-11-17/h2-12,14-15,35H,13H2,1H3,(H2,26,28,29). The van der Waals surface area contributed by atoms with Crippen LogP contribution in [0.3, 0.4) is 0 Å². The quantitative estimate of drug-likeness (QED) is 0.384. The Morgan fingerprint density at radius 2 is 1.89 bits per heavy atom. The fourth-order valence-electron chi connectivity index (χ4n) is 4.46. The number of pyridine rings is 1. The Labute approximate surface area is 204 Å². The number of nitrogens with two attached hydrogens (primary N) is 1. The van der Waals surface area contributed by atoms with Gasteiger partial charge in [0.15, 0.2) is 11.5 Å². The number of hydrogen-bond acceptors (Lipinski definition) is 8. The van der Waals surface area contributed by atoms with E-state index in [1.807, 2.05) is 37.3 Å². The molecule has 6 rings (SSSR count). The van der Waals surface area contributed by atoms with Crippen molar-refractivity contribution in [2.75, 3.05) is 5.73 Å². The normalized spacial score (nSPS) is 12.4. The largest absolute Gasteiger partial charge is 0.506 e. The number of benzene rings is 1. The molecule has 3 N–H and O–H groups in total. The molecule has 0 aliphatic rings. The van der Waals surface area contributed by atoms with Crippen molar-refractivity contribution in [2.45, 2.75) is 19.5 Å². The Morgan fingerprint density at radius 3 is 2.69 bits per heavy atom. The van der Waals surface area contributed by atoms with Gasteiger partial charge in [0, 0.05) is 18.0 Å². The van der Waals surface area contributed by atoms with Gasteiger partial charge in [0.1, 0.15) is 35.7 Å². The highest BCUT2D eigenvalue weighted by Crippen LogP contribution is 2.31. The third-order valence-electron chi connectivity index (χ3n) is 6.18. The number of hydrogen-bond donors (Lipinski definition) is 2. The van der Waals surface area contributed by atoms with E-state index < -0.39 is 0 Å². The van der Waals surface area contributed by atoms with Crippen LogP contribution in [0.4, 0.5) is 5.82 Å². The van der Waals surface area contributed by atoms with E-state index in [1.54, 1.807) is 44.4 Å². The third-order valence-corrected chi connectivity index (χ3v) is 6.18. The van der Waals surface area contributed by atoms with Crippen LogP contribution in [0.1, 0.15) is 24.4 Å². The van der Waals surface area contributed by atoms with Gasteiger partial charge in [0.05, 0.1) is 17.6 Å². The van der Waals surface area contributed by atoms with Gasteiger partial charge in [-0.1, -0.05) is 30.3 Å². The molecule has 1 unspecified atom stereocenters. The van der Waals surface area contributed by atoms with E-state index in [4.69, 9.17) is 15.9 Å². The first-order valence-electron chi connectivity index (χ1n) is 11.3. The first-order valence-corrected chi connectivity index (χ1v) is 11.3. The summed E-state index contributed by atoms with van der Waals surface area (Å²) in [7, 11) is 0. The number of nitrogen functional groups attached to an aromatic ring is 1. The van der Waals surface area contributed by atoms with Crippen molar-refractivity contribution in [3.05, 3.63) is 95.2 Å². The van der Waals surface area contributed by atoms with E-state index in [0.717, 1.165) is 5.56 Å². The van der Waals surface area contributed by atoms with Gasteiger partial charge >= 0.3 is 0 Å². The Morgan fingerprint density at radius 1 is 1.06 bits per heavy atom. The average Bonchev–Trinajstić information content (AvgIpc) is 3.50. The second-order valence-electron chi connectivity index (χ2n) is 8.41. The first kappa shape index (κ1) is 21.5. The summed E-state index contributed by atoms with van der Waals surface area (Å²) in [6.45, 7) is 2.10. The van der Waals surface area contributed by atoms with Crippen LogP contribution < -0.4 is 11.3 Å². The fourth-order valence-corrected chi connectivity index (χ4v) is 4.46. The molecule has 0 radical (unpaired) electrons. The molecule has 178 valence electrons. The Hall–Kier alpha value is -5.06. The second kappa shape index (κ2) is 8.31. The average molecular weight is 480 g/mol. The predicted octanol–water partition coefficient (Wildman–Crippen LogP) is 2.64. The fraction of sp³-hybridized carbons (Fsp3) is 0.120. The van der Waals surface area contributed by atoms with Crippen LogP contribution in [0.2, 0.25) is 0 Å². The summed E-state index contributed by atoms with van der Waals surface area (Å²) in [6.07, 6.45) is 6.02. The lowest BCUT2D eigenvalue weighted by molar-refractivity contribution is 0.473. The van der Waals surface area contributed by atoms with E-state index >= 15 is 0 Å². The van der Waals surface area contributed by atoms with Crippen LogP contribution in [-0.4, -0.2) is 44.0 Å². The van der Waals surface area contributed by atoms with Crippen LogP contribution >= 0.6 is 0 Å². The summed E-state index contributed by atoms with van der Waals surface area (Å²) in [4.78, 5) is 26.2. The van der Waals surface area contributed by atoms with Crippen molar-refractivity contribution < 1.29 is 5.11 Å². The maximum absolute atomic E-state index is 13.6. The van der Waals surface area contributed by atoms with E-state index in [1.165, 1.54) is 12.5 Å². The molecule has 0 aliphatic carbocycles. The van der Waals surface area contributed by atoms with Crippen LogP contribution in [0, 0.1) is 0 Å². The van der Waals surface area contributed by atoms with Crippen LogP contribution in [0.15, 0.2) is 78.2 Å². The number of aromatic hydroxyl groups is 1. The van der Waals surface area contributed by atoms with Crippen molar-refractivity contribution in [2.24, 2.45) is 0 Å². The number of rotatable bonds is 5. The van der Waals surface area contributed by atoms with Crippen LogP contribution in [-0.2, 0) is 6.54 Å². The molecular formula is C25H21N9O2. The molecule has 6 aromatic rings. The minimum atomic E-state index is -0.280. The van der Waals surface area contributed by atoms with Crippen LogP contribution in [0.25, 0.3) is 27.8 Å². The van der Waals surface area contributed by atoms with Gasteiger partial charge < -0.3 is 10.8 Å². The molecule has 1 atom stereocenters. The molecule has 1 aromatic carbocycles. The molecule has 36 heavy (non-hydrogen) atoms. The lowest BCUT2D eigenvalue weighted by atomic mass is 10.1. The lowest BCUT2D eigenvalue weighted by Gasteiger charge is -2.20. The third kappa shape index (κ3) is 3.45. The van der Waals surface area contributed by atoms with E-state index in [-0.39, 0.29) is 29.7 Å². The van der Waals surface area contributed by atoms with Crippen molar-refractivity contribution >= 4 is 22.4 Å². The van der Waals surface area contributed by atoms with Gasteiger partial charge in [-0.2, -0.15) is 10.2 Å². The van der Waals surface area contributed by atoms with Gasteiger partial charge in [0.2, 0.25) is 0 Å². The molecule has 5 aromatic heterocycles. The highest BCUT2D eigenvalue weighted by Gasteiger charge is 2.22. The molecule has 5 heterocycles. The molecular weight excluding hydrogens is 458 g/mol. The first-order chi connectivity index (χ1) is 17.5. The smallest absolute Gasteiger partial charge is 0.278 e. The Kier molecular flexibility index (Phi) is 4.95. The molecule has 0 aliphatic heterocycles. The number of nitrogens with zero attached hydrogens (tertiary/aromatic N) is 8. The molecule has 0 saturated carbocycles. The summed E-state index contributed by atoms with van der Waals surface area (Å²) in [5.74, 6) is 0.728. The predicted molar refractivity (Wildman–Crippen MR) is 133 cm³/mol. The number of fused-ring (bicyclic) bond motifs is 2.